The molecule has 2 amide bonds. The minimum atomic E-state index is -0.460. The fourth-order valence-corrected chi connectivity index (χ4v) is 3.97. The molecule has 2 aromatic carbocycles. The van der Waals surface area contributed by atoms with Gasteiger partial charge in [0.1, 0.15) is 5.75 Å². The number of aromatic nitrogens is 3. The molecule has 0 aliphatic carbocycles. The number of ether oxygens (including phenoxy) is 1. The molecule has 0 atom stereocenters. The van der Waals surface area contributed by atoms with Crippen LogP contribution in [0.1, 0.15) is 6.42 Å². The van der Waals surface area contributed by atoms with Gasteiger partial charge in [0.05, 0.1) is 18.4 Å². The molecule has 1 heterocycles. The third kappa shape index (κ3) is 5.55. The molecule has 0 saturated carbocycles. The number of nitrogens with zero attached hydrogens (tertiary/aromatic N) is 4. The van der Waals surface area contributed by atoms with Crippen molar-refractivity contribution in [2.75, 3.05) is 24.3 Å². The van der Waals surface area contributed by atoms with E-state index in [0.717, 1.165) is 5.56 Å². The second-order valence-electron chi connectivity index (χ2n) is 6.79. The van der Waals surface area contributed by atoms with Crippen molar-refractivity contribution in [3.05, 3.63) is 67.3 Å². The van der Waals surface area contributed by atoms with Crippen molar-refractivity contribution < 1.29 is 14.3 Å². The SMILES string of the molecule is C=CCn1c(SCC(=O)N(CCC(N)=O)c2ccccc2)nnc1-c1ccccc1OC. The van der Waals surface area contributed by atoms with Crippen molar-refractivity contribution in [2.24, 2.45) is 5.73 Å². The van der Waals surface area contributed by atoms with E-state index in [9.17, 15) is 9.59 Å². The number of primary amides is 1. The van der Waals surface area contributed by atoms with Crippen molar-refractivity contribution in [3.8, 4) is 17.1 Å². The quantitative estimate of drug-likeness (QED) is 0.355. The van der Waals surface area contributed by atoms with Crippen molar-refractivity contribution in [3.63, 3.8) is 0 Å². The van der Waals surface area contributed by atoms with E-state index in [1.807, 2.05) is 59.2 Å². The molecular formula is C23H25N5O3S. The Labute approximate surface area is 191 Å². The van der Waals surface area contributed by atoms with E-state index < -0.39 is 5.91 Å². The summed E-state index contributed by atoms with van der Waals surface area (Å²) in [4.78, 5) is 25.9. The Morgan fingerprint density at radius 1 is 1.16 bits per heavy atom. The van der Waals surface area contributed by atoms with E-state index in [-0.39, 0.29) is 24.6 Å². The summed E-state index contributed by atoms with van der Waals surface area (Å²) in [5, 5.41) is 9.21. The summed E-state index contributed by atoms with van der Waals surface area (Å²) in [7, 11) is 1.60. The summed E-state index contributed by atoms with van der Waals surface area (Å²) < 4.78 is 7.34. The molecule has 2 N–H and O–H groups in total. The highest BCUT2D eigenvalue weighted by Gasteiger charge is 2.20. The molecule has 166 valence electrons. The molecule has 0 bridgehead atoms. The second-order valence-corrected chi connectivity index (χ2v) is 7.73. The number of amides is 2. The molecule has 1 aromatic heterocycles. The predicted molar refractivity (Wildman–Crippen MR) is 126 cm³/mol. The monoisotopic (exact) mass is 451 g/mol. The van der Waals surface area contributed by atoms with Crippen LogP contribution in [-0.2, 0) is 16.1 Å². The molecule has 0 aliphatic rings. The lowest BCUT2D eigenvalue weighted by Crippen LogP contribution is -2.35. The van der Waals surface area contributed by atoms with Crippen molar-refractivity contribution >= 4 is 29.3 Å². The Kier molecular flexibility index (Phi) is 8.04. The Balaban J connectivity index is 1.82. The predicted octanol–water partition coefficient (Wildman–Crippen LogP) is 3.14. The molecular weight excluding hydrogens is 426 g/mol. The van der Waals surface area contributed by atoms with Gasteiger partial charge >= 0.3 is 0 Å². The van der Waals surface area contributed by atoms with E-state index in [4.69, 9.17) is 10.5 Å². The molecule has 9 heteroatoms. The normalized spacial score (nSPS) is 10.5. The fourth-order valence-electron chi connectivity index (χ4n) is 3.15. The van der Waals surface area contributed by atoms with Crippen molar-refractivity contribution in [1.29, 1.82) is 0 Å². The van der Waals surface area contributed by atoms with Crippen LogP contribution < -0.4 is 15.4 Å². The first kappa shape index (κ1) is 23.1. The van der Waals surface area contributed by atoms with Crippen LogP contribution in [0.2, 0.25) is 0 Å². The Morgan fingerprint density at radius 2 is 1.88 bits per heavy atom. The van der Waals surface area contributed by atoms with Crippen molar-refractivity contribution in [1.82, 2.24) is 14.8 Å². The highest BCUT2D eigenvalue weighted by molar-refractivity contribution is 7.99. The van der Waals surface area contributed by atoms with Gasteiger partial charge in [0.25, 0.3) is 0 Å². The van der Waals surface area contributed by atoms with Crippen LogP contribution in [0.4, 0.5) is 5.69 Å². The molecule has 0 radical (unpaired) electrons. The summed E-state index contributed by atoms with van der Waals surface area (Å²) in [6.07, 6.45) is 1.83. The van der Waals surface area contributed by atoms with E-state index in [0.29, 0.717) is 29.0 Å². The number of methoxy groups -OCH3 is 1. The smallest absolute Gasteiger partial charge is 0.237 e. The Hall–Kier alpha value is -3.59. The lowest BCUT2D eigenvalue weighted by atomic mass is 10.2. The molecule has 32 heavy (non-hydrogen) atoms. The van der Waals surface area contributed by atoms with Crippen LogP contribution >= 0.6 is 11.8 Å². The molecule has 0 spiro atoms. The number of benzene rings is 2. The largest absolute Gasteiger partial charge is 0.496 e. The first-order valence-electron chi connectivity index (χ1n) is 9.99. The van der Waals surface area contributed by atoms with Gasteiger partial charge in [-0.3, -0.25) is 14.2 Å². The van der Waals surface area contributed by atoms with Crippen LogP contribution in [0.15, 0.2) is 72.4 Å². The second kappa shape index (κ2) is 11.1. The number of anilines is 1. The number of carbonyl (C=O) groups is 2. The minimum absolute atomic E-state index is 0.0793. The lowest BCUT2D eigenvalue weighted by Gasteiger charge is -2.22. The molecule has 0 fully saturated rings. The summed E-state index contributed by atoms with van der Waals surface area (Å²) in [5.41, 5.74) is 6.81. The summed E-state index contributed by atoms with van der Waals surface area (Å²) >= 11 is 1.27. The van der Waals surface area contributed by atoms with E-state index >= 15 is 0 Å². The molecule has 0 aliphatic heterocycles. The maximum atomic E-state index is 13.0. The van der Waals surface area contributed by atoms with Crippen molar-refractivity contribution in [2.45, 2.75) is 18.1 Å². The zero-order valence-electron chi connectivity index (χ0n) is 17.8. The maximum absolute atomic E-state index is 13.0. The van der Waals surface area contributed by atoms with Gasteiger partial charge in [0, 0.05) is 25.2 Å². The van der Waals surface area contributed by atoms with E-state index in [1.54, 1.807) is 18.1 Å². The number of carbonyl (C=O) groups excluding carboxylic acids is 2. The van der Waals surface area contributed by atoms with Crippen LogP contribution in [0.5, 0.6) is 5.75 Å². The van der Waals surface area contributed by atoms with Gasteiger partial charge in [-0.25, -0.2) is 0 Å². The lowest BCUT2D eigenvalue weighted by molar-refractivity contribution is -0.118. The van der Waals surface area contributed by atoms with Gasteiger partial charge in [-0.1, -0.05) is 48.2 Å². The summed E-state index contributed by atoms with van der Waals surface area (Å²) in [6, 6.07) is 16.7. The van der Waals surface area contributed by atoms with E-state index in [1.165, 1.54) is 11.8 Å². The highest BCUT2D eigenvalue weighted by atomic mass is 32.2. The molecule has 3 aromatic rings. The number of hydrogen-bond donors (Lipinski definition) is 1. The topological polar surface area (TPSA) is 103 Å². The van der Waals surface area contributed by atoms with Gasteiger partial charge < -0.3 is 15.4 Å². The Bertz CT molecular complexity index is 1080. The Morgan fingerprint density at radius 3 is 2.56 bits per heavy atom. The maximum Gasteiger partial charge on any atom is 0.237 e. The standard InChI is InChI=1S/C23H25N5O3S/c1-3-14-28-22(18-11-7-8-12-19(18)31-2)25-26-23(28)32-16-21(30)27(15-13-20(24)29)17-9-5-4-6-10-17/h3-12H,1,13-16H2,2H3,(H2,24,29). The number of allylic oxidation sites excluding steroid dienone is 1. The van der Waals surface area contributed by atoms with Crippen LogP contribution in [0.25, 0.3) is 11.4 Å². The van der Waals surface area contributed by atoms with Gasteiger partial charge in [0.2, 0.25) is 11.8 Å². The minimum Gasteiger partial charge on any atom is -0.496 e. The summed E-state index contributed by atoms with van der Waals surface area (Å²) in [5.74, 6) is 0.813. The van der Waals surface area contributed by atoms with Gasteiger partial charge in [0.15, 0.2) is 11.0 Å². The summed E-state index contributed by atoms with van der Waals surface area (Å²) in [6.45, 7) is 4.51. The average molecular weight is 452 g/mol. The van der Waals surface area contributed by atoms with Crippen LogP contribution in [0, 0.1) is 0 Å². The number of rotatable bonds is 11. The fraction of sp³-hybridized carbons (Fsp3) is 0.217. The van der Waals surface area contributed by atoms with Gasteiger partial charge in [-0.05, 0) is 24.3 Å². The average Bonchev–Trinajstić information content (AvgIpc) is 3.20. The molecule has 0 saturated heterocycles. The molecule has 8 nitrogen and oxygen atoms in total. The first-order chi connectivity index (χ1) is 15.5. The molecule has 0 unspecified atom stereocenters. The number of para-hydroxylation sites is 2. The highest BCUT2D eigenvalue weighted by Crippen LogP contribution is 2.31. The van der Waals surface area contributed by atoms with E-state index in [2.05, 4.69) is 16.8 Å². The van der Waals surface area contributed by atoms with Crippen LogP contribution in [0.3, 0.4) is 0 Å². The number of nitrogens with two attached hydrogens (primary N) is 1. The van der Waals surface area contributed by atoms with Crippen LogP contribution in [-0.4, -0.2) is 46.0 Å². The number of thioether (sulfide) groups is 1. The third-order valence-corrected chi connectivity index (χ3v) is 5.60. The first-order valence-corrected chi connectivity index (χ1v) is 11.0. The zero-order valence-corrected chi connectivity index (χ0v) is 18.6. The molecule has 3 rings (SSSR count). The van der Waals surface area contributed by atoms with Gasteiger partial charge in [-0.2, -0.15) is 0 Å². The zero-order chi connectivity index (χ0) is 22.9. The van der Waals surface area contributed by atoms with Gasteiger partial charge in [-0.15, -0.1) is 16.8 Å². The number of hydrogen-bond acceptors (Lipinski definition) is 6. The third-order valence-electron chi connectivity index (χ3n) is 4.65.